The molecule has 146 valence electrons. The summed E-state index contributed by atoms with van der Waals surface area (Å²) in [5.74, 6) is 0.298. The van der Waals surface area contributed by atoms with E-state index in [1.54, 1.807) is 31.4 Å². The topological polar surface area (TPSA) is 69.0 Å². The third kappa shape index (κ3) is 3.93. The number of nitrogens with zero attached hydrogens (tertiary/aromatic N) is 3. The van der Waals surface area contributed by atoms with E-state index in [-0.39, 0.29) is 5.91 Å². The molecule has 0 aliphatic carbocycles. The summed E-state index contributed by atoms with van der Waals surface area (Å²) in [6, 6.07) is 18.7. The SMILES string of the molecule is COc1cc(Cl)c(C)cc1NC(=O)c1ccc(Cn2nnc3ccccc32)cc1. The minimum Gasteiger partial charge on any atom is -0.495 e. The number of methoxy groups -OCH3 is 1. The second-order valence-corrected chi connectivity index (χ2v) is 7.10. The van der Waals surface area contributed by atoms with Crippen molar-refractivity contribution < 1.29 is 9.53 Å². The summed E-state index contributed by atoms with van der Waals surface area (Å²) in [5.41, 5.74) is 4.84. The summed E-state index contributed by atoms with van der Waals surface area (Å²) >= 11 is 6.13. The van der Waals surface area contributed by atoms with Crippen LogP contribution in [0.4, 0.5) is 5.69 Å². The highest BCUT2D eigenvalue weighted by Gasteiger charge is 2.12. The molecule has 0 saturated heterocycles. The average molecular weight is 407 g/mol. The Bertz CT molecular complexity index is 1190. The molecule has 6 nitrogen and oxygen atoms in total. The zero-order chi connectivity index (χ0) is 20.4. The molecule has 0 aliphatic rings. The van der Waals surface area contributed by atoms with E-state index in [2.05, 4.69) is 15.6 Å². The summed E-state index contributed by atoms with van der Waals surface area (Å²) in [6.07, 6.45) is 0. The highest BCUT2D eigenvalue weighted by molar-refractivity contribution is 6.31. The zero-order valence-electron chi connectivity index (χ0n) is 16.0. The lowest BCUT2D eigenvalue weighted by Crippen LogP contribution is -2.13. The van der Waals surface area contributed by atoms with Crippen molar-refractivity contribution >= 4 is 34.2 Å². The van der Waals surface area contributed by atoms with Gasteiger partial charge < -0.3 is 10.1 Å². The van der Waals surface area contributed by atoms with E-state index in [4.69, 9.17) is 16.3 Å². The van der Waals surface area contributed by atoms with Crippen molar-refractivity contribution in [1.82, 2.24) is 15.0 Å². The number of hydrogen-bond donors (Lipinski definition) is 1. The van der Waals surface area contributed by atoms with Crippen molar-refractivity contribution in [3.63, 3.8) is 0 Å². The summed E-state index contributed by atoms with van der Waals surface area (Å²) in [6.45, 7) is 2.45. The Balaban J connectivity index is 1.50. The lowest BCUT2D eigenvalue weighted by molar-refractivity contribution is 0.102. The standard InChI is InChI=1S/C22H19ClN4O2/c1-14-11-19(21(29-2)12-17(14)23)24-22(28)16-9-7-15(8-10-16)13-27-20-6-4-3-5-18(20)25-26-27/h3-12H,13H2,1-2H3,(H,24,28). The van der Waals surface area contributed by atoms with E-state index < -0.39 is 0 Å². The molecule has 0 aliphatic heterocycles. The summed E-state index contributed by atoms with van der Waals surface area (Å²) < 4.78 is 7.16. The Morgan fingerprint density at radius 2 is 1.90 bits per heavy atom. The van der Waals surface area contributed by atoms with Crippen LogP contribution in [0, 0.1) is 6.92 Å². The van der Waals surface area contributed by atoms with Crippen LogP contribution in [0.1, 0.15) is 21.5 Å². The van der Waals surface area contributed by atoms with Crippen LogP contribution in [0.5, 0.6) is 5.75 Å². The van der Waals surface area contributed by atoms with E-state index in [0.717, 1.165) is 22.2 Å². The van der Waals surface area contributed by atoms with Gasteiger partial charge in [0.1, 0.15) is 11.3 Å². The molecule has 0 bridgehead atoms. The van der Waals surface area contributed by atoms with Crippen molar-refractivity contribution in [3.8, 4) is 5.75 Å². The van der Waals surface area contributed by atoms with E-state index >= 15 is 0 Å². The van der Waals surface area contributed by atoms with Crippen molar-refractivity contribution in [2.75, 3.05) is 12.4 Å². The smallest absolute Gasteiger partial charge is 0.255 e. The van der Waals surface area contributed by atoms with Gasteiger partial charge in [0.2, 0.25) is 0 Å². The molecule has 29 heavy (non-hydrogen) atoms. The van der Waals surface area contributed by atoms with Crippen LogP contribution in [0.2, 0.25) is 5.02 Å². The Kier molecular flexibility index (Phi) is 5.18. The molecule has 0 atom stereocenters. The van der Waals surface area contributed by atoms with Gasteiger partial charge in [-0.05, 0) is 48.4 Å². The number of rotatable bonds is 5. The summed E-state index contributed by atoms with van der Waals surface area (Å²) in [7, 11) is 1.54. The molecular weight excluding hydrogens is 388 g/mol. The number of aryl methyl sites for hydroxylation is 1. The second-order valence-electron chi connectivity index (χ2n) is 6.69. The molecule has 1 aromatic heterocycles. The normalized spacial score (nSPS) is 10.9. The first kappa shape index (κ1) is 19.0. The highest BCUT2D eigenvalue weighted by atomic mass is 35.5. The monoisotopic (exact) mass is 406 g/mol. The van der Waals surface area contributed by atoms with Gasteiger partial charge in [0.15, 0.2) is 0 Å². The number of hydrogen-bond acceptors (Lipinski definition) is 4. The van der Waals surface area contributed by atoms with Gasteiger partial charge >= 0.3 is 0 Å². The van der Waals surface area contributed by atoms with Gasteiger partial charge in [0.25, 0.3) is 5.91 Å². The van der Waals surface area contributed by atoms with E-state index in [0.29, 0.717) is 28.6 Å². The van der Waals surface area contributed by atoms with Crippen molar-refractivity contribution in [2.45, 2.75) is 13.5 Å². The van der Waals surface area contributed by atoms with Crippen molar-refractivity contribution in [1.29, 1.82) is 0 Å². The molecule has 1 heterocycles. The third-order valence-electron chi connectivity index (χ3n) is 4.70. The van der Waals surface area contributed by atoms with Crippen LogP contribution in [0.15, 0.2) is 60.7 Å². The Labute approximate surface area is 173 Å². The van der Waals surface area contributed by atoms with E-state index in [1.165, 1.54) is 0 Å². The first-order valence-electron chi connectivity index (χ1n) is 9.08. The maximum Gasteiger partial charge on any atom is 0.255 e. The number of fused-ring (bicyclic) bond motifs is 1. The zero-order valence-corrected chi connectivity index (χ0v) is 16.8. The third-order valence-corrected chi connectivity index (χ3v) is 5.10. The molecular formula is C22H19ClN4O2. The van der Waals surface area contributed by atoms with Crippen LogP contribution in [0.25, 0.3) is 11.0 Å². The molecule has 1 amide bonds. The molecule has 0 radical (unpaired) electrons. The number of benzene rings is 3. The molecule has 0 unspecified atom stereocenters. The maximum atomic E-state index is 12.7. The lowest BCUT2D eigenvalue weighted by atomic mass is 10.1. The molecule has 4 aromatic rings. The van der Waals surface area contributed by atoms with Gasteiger partial charge in [0, 0.05) is 16.7 Å². The van der Waals surface area contributed by atoms with Crippen LogP contribution in [-0.4, -0.2) is 28.0 Å². The summed E-state index contributed by atoms with van der Waals surface area (Å²) in [5, 5.41) is 11.8. The number of para-hydroxylation sites is 1. The number of carbonyl (C=O) groups is 1. The maximum absolute atomic E-state index is 12.7. The fourth-order valence-electron chi connectivity index (χ4n) is 3.09. The molecule has 4 rings (SSSR count). The van der Waals surface area contributed by atoms with Gasteiger partial charge in [-0.2, -0.15) is 0 Å². The van der Waals surface area contributed by atoms with Gasteiger partial charge in [-0.25, -0.2) is 4.68 Å². The fraction of sp³-hybridized carbons (Fsp3) is 0.136. The molecule has 0 saturated carbocycles. The molecule has 3 aromatic carbocycles. The molecule has 1 N–H and O–H groups in total. The van der Waals surface area contributed by atoms with Gasteiger partial charge in [-0.1, -0.05) is 41.1 Å². The van der Waals surface area contributed by atoms with Crippen molar-refractivity contribution in [3.05, 3.63) is 82.4 Å². The van der Waals surface area contributed by atoms with Gasteiger partial charge in [-0.3, -0.25) is 4.79 Å². The second kappa shape index (κ2) is 7.93. The van der Waals surface area contributed by atoms with Crippen molar-refractivity contribution in [2.24, 2.45) is 0 Å². The predicted octanol–water partition coefficient (Wildman–Crippen LogP) is 4.70. The number of aromatic nitrogens is 3. The van der Waals surface area contributed by atoms with Crippen LogP contribution < -0.4 is 10.1 Å². The minimum atomic E-state index is -0.220. The number of halogens is 1. The van der Waals surface area contributed by atoms with Crippen LogP contribution >= 0.6 is 11.6 Å². The Morgan fingerprint density at radius 3 is 2.66 bits per heavy atom. The fourth-order valence-corrected chi connectivity index (χ4v) is 3.25. The average Bonchev–Trinajstić information content (AvgIpc) is 3.14. The number of anilines is 1. The largest absolute Gasteiger partial charge is 0.495 e. The first-order valence-corrected chi connectivity index (χ1v) is 9.45. The van der Waals surface area contributed by atoms with E-state index in [1.807, 2.05) is 48.0 Å². The van der Waals surface area contributed by atoms with Crippen LogP contribution in [0.3, 0.4) is 0 Å². The number of amides is 1. The minimum absolute atomic E-state index is 0.220. The van der Waals surface area contributed by atoms with Crippen LogP contribution in [-0.2, 0) is 6.54 Å². The molecule has 7 heteroatoms. The number of nitrogens with one attached hydrogen (secondary N) is 1. The number of carbonyl (C=O) groups excluding carboxylic acids is 1. The quantitative estimate of drug-likeness (QED) is 0.521. The first-order chi connectivity index (χ1) is 14.0. The van der Waals surface area contributed by atoms with Gasteiger partial charge in [-0.15, -0.1) is 5.10 Å². The lowest BCUT2D eigenvalue weighted by Gasteiger charge is -2.12. The Hall–Kier alpha value is -3.38. The predicted molar refractivity (Wildman–Crippen MR) is 114 cm³/mol. The molecule has 0 fully saturated rings. The van der Waals surface area contributed by atoms with Gasteiger partial charge in [0.05, 0.1) is 24.9 Å². The van der Waals surface area contributed by atoms with E-state index in [9.17, 15) is 4.79 Å². The molecule has 0 spiro atoms. The number of ether oxygens (including phenoxy) is 1. The highest BCUT2D eigenvalue weighted by Crippen LogP contribution is 2.31. The summed E-state index contributed by atoms with van der Waals surface area (Å²) in [4.78, 5) is 12.7. The Morgan fingerprint density at radius 1 is 1.14 bits per heavy atom.